The molecule has 3 heteroatoms. The minimum absolute atomic E-state index is 0.775. The molecule has 0 saturated carbocycles. The largest absolute Gasteiger partial charge is 0.165 e. The molecule has 0 aromatic heterocycles. The van der Waals surface area contributed by atoms with Gasteiger partial charge < -0.3 is 0 Å². The van der Waals surface area contributed by atoms with Gasteiger partial charge in [-0.1, -0.05) is 29.3 Å². The lowest BCUT2D eigenvalue weighted by molar-refractivity contribution is 1.16. The molecule has 0 heterocycles. The Morgan fingerprint density at radius 3 is 2.33 bits per heavy atom. The number of halogens is 2. The molecule has 1 aromatic carbocycles. The van der Waals surface area contributed by atoms with Gasteiger partial charge >= 0.3 is 0 Å². The van der Waals surface area contributed by atoms with E-state index < -0.39 is 0 Å². The van der Waals surface area contributed by atoms with Crippen LogP contribution >= 0.6 is 35.0 Å². The Balaban J connectivity index is 2.81. The van der Waals surface area contributed by atoms with E-state index in [0.717, 1.165) is 27.8 Å². The van der Waals surface area contributed by atoms with Gasteiger partial charge in [0.2, 0.25) is 0 Å². The molecule has 66 valence electrons. The van der Waals surface area contributed by atoms with Gasteiger partial charge in [0, 0.05) is 10.0 Å². The zero-order chi connectivity index (χ0) is 8.97. The Morgan fingerprint density at radius 1 is 1.25 bits per heavy atom. The third-order valence-electron chi connectivity index (χ3n) is 1.62. The van der Waals surface area contributed by atoms with Gasteiger partial charge in [-0.25, -0.2) is 0 Å². The first-order valence-electron chi connectivity index (χ1n) is 3.67. The molecular formula is C9H10Cl2S. The van der Waals surface area contributed by atoms with E-state index in [0.29, 0.717) is 0 Å². The second-order valence-electron chi connectivity index (χ2n) is 2.44. The van der Waals surface area contributed by atoms with E-state index in [9.17, 15) is 0 Å². The van der Waals surface area contributed by atoms with Gasteiger partial charge in [0.1, 0.15) is 0 Å². The number of thioether (sulfide) groups is 1. The van der Waals surface area contributed by atoms with Crippen molar-refractivity contribution < 1.29 is 0 Å². The molecule has 0 aliphatic rings. The summed E-state index contributed by atoms with van der Waals surface area (Å²) in [6, 6.07) is 5.62. The lowest BCUT2D eigenvalue weighted by atomic mass is 10.2. The van der Waals surface area contributed by atoms with Crippen LogP contribution in [0.2, 0.25) is 10.0 Å². The molecule has 1 rings (SSSR count). The molecule has 0 fully saturated rings. The molecule has 0 saturated heterocycles. The van der Waals surface area contributed by atoms with Crippen molar-refractivity contribution in [2.24, 2.45) is 0 Å². The van der Waals surface area contributed by atoms with Gasteiger partial charge in [0.25, 0.3) is 0 Å². The van der Waals surface area contributed by atoms with Gasteiger partial charge in [-0.2, -0.15) is 11.8 Å². The van der Waals surface area contributed by atoms with E-state index in [1.165, 1.54) is 0 Å². The monoisotopic (exact) mass is 220 g/mol. The van der Waals surface area contributed by atoms with Crippen molar-refractivity contribution in [3.63, 3.8) is 0 Å². The Morgan fingerprint density at radius 2 is 1.83 bits per heavy atom. The van der Waals surface area contributed by atoms with Crippen molar-refractivity contribution in [1.82, 2.24) is 0 Å². The van der Waals surface area contributed by atoms with Crippen LogP contribution in [-0.4, -0.2) is 12.0 Å². The van der Waals surface area contributed by atoms with Crippen LogP contribution < -0.4 is 0 Å². The third-order valence-corrected chi connectivity index (χ3v) is 2.94. The predicted molar refractivity (Wildman–Crippen MR) is 58.5 cm³/mol. The van der Waals surface area contributed by atoms with Gasteiger partial charge in [0.15, 0.2) is 0 Å². The van der Waals surface area contributed by atoms with Crippen molar-refractivity contribution in [3.8, 4) is 0 Å². The highest BCUT2D eigenvalue weighted by atomic mass is 35.5. The van der Waals surface area contributed by atoms with Crippen LogP contribution in [0.25, 0.3) is 0 Å². The van der Waals surface area contributed by atoms with E-state index in [1.807, 2.05) is 18.2 Å². The zero-order valence-corrected chi connectivity index (χ0v) is 9.14. The van der Waals surface area contributed by atoms with Gasteiger partial charge in [0.05, 0.1) is 0 Å². The molecular weight excluding hydrogens is 211 g/mol. The van der Waals surface area contributed by atoms with Crippen LogP contribution in [0.3, 0.4) is 0 Å². The molecule has 0 unspecified atom stereocenters. The van der Waals surface area contributed by atoms with Crippen LogP contribution in [0.1, 0.15) is 5.56 Å². The fourth-order valence-electron chi connectivity index (χ4n) is 0.975. The first-order valence-corrected chi connectivity index (χ1v) is 5.82. The molecule has 0 radical (unpaired) electrons. The van der Waals surface area contributed by atoms with E-state index in [1.54, 1.807) is 11.8 Å². The molecule has 0 nitrogen and oxygen atoms in total. The van der Waals surface area contributed by atoms with Crippen LogP contribution in [0.5, 0.6) is 0 Å². The Kier molecular flexibility index (Phi) is 4.27. The molecule has 0 bridgehead atoms. The van der Waals surface area contributed by atoms with Gasteiger partial charge in [-0.3, -0.25) is 0 Å². The first kappa shape index (κ1) is 10.2. The maximum Gasteiger partial charge on any atom is 0.0453 e. The van der Waals surface area contributed by atoms with Gasteiger partial charge in [-0.05, 0) is 36.1 Å². The van der Waals surface area contributed by atoms with Crippen molar-refractivity contribution in [3.05, 3.63) is 33.8 Å². The number of hydrogen-bond acceptors (Lipinski definition) is 1. The molecule has 0 N–H and O–H groups in total. The topological polar surface area (TPSA) is 0 Å². The Hall–Kier alpha value is 0.150. The summed E-state index contributed by atoms with van der Waals surface area (Å²) in [5.74, 6) is 1.06. The fraction of sp³-hybridized carbons (Fsp3) is 0.333. The van der Waals surface area contributed by atoms with Crippen molar-refractivity contribution in [1.29, 1.82) is 0 Å². The third kappa shape index (κ3) is 2.58. The smallest absolute Gasteiger partial charge is 0.0453 e. The minimum Gasteiger partial charge on any atom is -0.165 e. The van der Waals surface area contributed by atoms with Crippen LogP contribution in [-0.2, 0) is 6.42 Å². The fourth-order valence-corrected chi connectivity index (χ4v) is 1.97. The lowest BCUT2D eigenvalue weighted by Gasteiger charge is -2.04. The summed E-state index contributed by atoms with van der Waals surface area (Å²) in [5, 5.41) is 1.55. The summed E-state index contributed by atoms with van der Waals surface area (Å²) >= 11 is 13.7. The highest BCUT2D eigenvalue weighted by Crippen LogP contribution is 2.25. The highest BCUT2D eigenvalue weighted by molar-refractivity contribution is 7.98. The summed E-state index contributed by atoms with van der Waals surface area (Å²) < 4.78 is 0. The zero-order valence-electron chi connectivity index (χ0n) is 6.81. The molecule has 0 amide bonds. The average molecular weight is 221 g/mol. The van der Waals surface area contributed by atoms with E-state index in [2.05, 4.69) is 6.26 Å². The van der Waals surface area contributed by atoms with E-state index >= 15 is 0 Å². The number of rotatable bonds is 3. The standard InChI is InChI=1S/C9H10Cl2S/c1-12-6-5-7-8(10)3-2-4-9(7)11/h2-4H,5-6H2,1H3. The maximum absolute atomic E-state index is 5.97. The summed E-state index contributed by atoms with van der Waals surface area (Å²) in [6.07, 6.45) is 3.02. The maximum atomic E-state index is 5.97. The molecule has 1 aromatic rings. The normalized spacial score (nSPS) is 10.2. The quantitative estimate of drug-likeness (QED) is 0.745. The Bertz CT molecular complexity index is 240. The van der Waals surface area contributed by atoms with Crippen molar-refractivity contribution >= 4 is 35.0 Å². The SMILES string of the molecule is CSCCc1c(Cl)cccc1Cl. The lowest BCUT2D eigenvalue weighted by Crippen LogP contribution is -1.90. The summed E-state index contributed by atoms with van der Waals surface area (Å²) in [7, 11) is 0. The van der Waals surface area contributed by atoms with Crippen molar-refractivity contribution in [2.45, 2.75) is 6.42 Å². The van der Waals surface area contributed by atoms with E-state index in [-0.39, 0.29) is 0 Å². The summed E-state index contributed by atoms with van der Waals surface area (Å²) in [4.78, 5) is 0. The van der Waals surface area contributed by atoms with Gasteiger partial charge in [-0.15, -0.1) is 0 Å². The second-order valence-corrected chi connectivity index (χ2v) is 4.24. The average Bonchev–Trinajstić information content (AvgIpc) is 2.04. The van der Waals surface area contributed by atoms with Crippen LogP contribution in [0.4, 0.5) is 0 Å². The molecule has 12 heavy (non-hydrogen) atoms. The first-order chi connectivity index (χ1) is 5.75. The summed E-state index contributed by atoms with van der Waals surface area (Å²) in [6.45, 7) is 0. The highest BCUT2D eigenvalue weighted by Gasteiger charge is 2.03. The predicted octanol–water partition coefficient (Wildman–Crippen LogP) is 3.90. The molecule has 0 atom stereocenters. The second kappa shape index (κ2) is 5.00. The Labute approximate surface area is 87.3 Å². The molecule has 0 aliphatic carbocycles. The number of hydrogen-bond donors (Lipinski definition) is 0. The van der Waals surface area contributed by atoms with Crippen molar-refractivity contribution in [2.75, 3.05) is 12.0 Å². The molecule has 0 aliphatic heterocycles. The molecule has 0 spiro atoms. The summed E-state index contributed by atoms with van der Waals surface area (Å²) in [5.41, 5.74) is 1.06. The minimum atomic E-state index is 0.775. The van der Waals surface area contributed by atoms with Crippen LogP contribution in [0.15, 0.2) is 18.2 Å². The van der Waals surface area contributed by atoms with E-state index in [4.69, 9.17) is 23.2 Å². The van der Waals surface area contributed by atoms with Crippen LogP contribution in [0, 0.1) is 0 Å². The number of benzene rings is 1.